The van der Waals surface area contributed by atoms with Crippen LogP contribution in [0.4, 0.5) is 0 Å². The van der Waals surface area contributed by atoms with Gasteiger partial charge in [0.1, 0.15) is 0 Å². The number of ether oxygens (including phenoxy) is 3. The molecule has 0 radical (unpaired) electrons. The average molecular weight is 563 g/mol. The zero-order valence-corrected chi connectivity index (χ0v) is 26.8. The largest absolute Gasteiger partial charge is 0.469 e. The number of hydrogen-bond acceptors (Lipinski definition) is 7. The summed E-state index contributed by atoms with van der Waals surface area (Å²) in [6.07, 6.45) is -0.163. The zero-order valence-electron chi connectivity index (χ0n) is 25.8. The van der Waals surface area contributed by atoms with E-state index in [1.165, 1.54) is 7.11 Å². The van der Waals surface area contributed by atoms with E-state index in [-0.39, 0.29) is 46.8 Å². The SMILES string of the molecule is COC(=O)[C@@H](C)[C@@H]1CC[C@H](C)[C@@H]([C@@H](C)[C@@H](O[Si](C)(C)C(C)(C)C)[C@@H](C)C(=O)[C@H](C)OC(=O)c2ccccc2)O1. The first-order valence-electron chi connectivity index (χ1n) is 14.2. The standard InChI is InChI=1S/C31H50O7Si/c1-19-17-18-25(20(2)29(33)35-9)37-27(19)22(4)28(38-39(10,11)31(6,7)8)21(3)26(32)23(5)36-30(34)24-15-13-12-14-16-24/h12-16,19-23,25,27-28H,17-18H2,1-11H3/t19-,20-,21-,22+,23-,25-,27-,28-/m0/s1. The number of hydrogen-bond donors (Lipinski definition) is 0. The van der Waals surface area contributed by atoms with Gasteiger partial charge in [0.05, 0.1) is 36.9 Å². The summed E-state index contributed by atoms with van der Waals surface area (Å²) < 4.78 is 24.1. The van der Waals surface area contributed by atoms with Crippen molar-refractivity contribution in [1.29, 1.82) is 0 Å². The predicted octanol–water partition coefficient (Wildman–Crippen LogP) is 6.46. The van der Waals surface area contributed by atoms with E-state index in [0.717, 1.165) is 12.8 Å². The molecule has 1 saturated heterocycles. The Morgan fingerprint density at radius 2 is 1.59 bits per heavy atom. The van der Waals surface area contributed by atoms with Crippen molar-refractivity contribution in [2.45, 2.75) is 111 Å². The lowest BCUT2D eigenvalue weighted by Crippen LogP contribution is -2.54. The second kappa shape index (κ2) is 13.6. The van der Waals surface area contributed by atoms with E-state index in [1.807, 2.05) is 19.9 Å². The van der Waals surface area contributed by atoms with Crippen LogP contribution < -0.4 is 0 Å². The van der Waals surface area contributed by atoms with Crippen molar-refractivity contribution >= 4 is 26.0 Å². The minimum absolute atomic E-state index is 0.0693. The van der Waals surface area contributed by atoms with Crippen LogP contribution in [0.2, 0.25) is 18.1 Å². The molecular weight excluding hydrogens is 512 g/mol. The third-order valence-corrected chi connectivity index (χ3v) is 13.3. The van der Waals surface area contributed by atoms with Crippen molar-refractivity contribution in [3.63, 3.8) is 0 Å². The van der Waals surface area contributed by atoms with Crippen LogP contribution in [-0.4, -0.2) is 57.6 Å². The molecule has 1 heterocycles. The van der Waals surface area contributed by atoms with Gasteiger partial charge in [-0.25, -0.2) is 4.79 Å². The summed E-state index contributed by atoms with van der Waals surface area (Å²) in [5, 5.41) is -0.0693. The smallest absolute Gasteiger partial charge is 0.338 e. The second-order valence-corrected chi connectivity index (χ2v) is 17.6. The van der Waals surface area contributed by atoms with Gasteiger partial charge in [-0.2, -0.15) is 0 Å². The van der Waals surface area contributed by atoms with Crippen LogP contribution in [0.3, 0.4) is 0 Å². The van der Waals surface area contributed by atoms with E-state index in [9.17, 15) is 14.4 Å². The Labute approximate surface area is 236 Å². The second-order valence-electron chi connectivity index (χ2n) is 12.8. The van der Waals surface area contributed by atoms with Gasteiger partial charge in [0.25, 0.3) is 0 Å². The first-order valence-corrected chi connectivity index (χ1v) is 17.1. The van der Waals surface area contributed by atoms with E-state index in [4.69, 9.17) is 18.6 Å². The van der Waals surface area contributed by atoms with Crippen LogP contribution in [0.1, 0.15) is 78.6 Å². The normalized spacial score (nSPS) is 24.1. The third-order valence-electron chi connectivity index (χ3n) is 8.84. The highest BCUT2D eigenvalue weighted by atomic mass is 28.4. The molecule has 1 aliphatic heterocycles. The van der Waals surface area contributed by atoms with E-state index < -0.39 is 32.4 Å². The summed E-state index contributed by atoms with van der Waals surface area (Å²) >= 11 is 0. The minimum Gasteiger partial charge on any atom is -0.469 e. The Morgan fingerprint density at radius 1 is 1.00 bits per heavy atom. The lowest BCUT2D eigenvalue weighted by Gasteiger charge is -2.47. The van der Waals surface area contributed by atoms with Gasteiger partial charge in [0.2, 0.25) is 0 Å². The summed E-state index contributed by atoms with van der Waals surface area (Å²) in [5.74, 6) is -1.83. The molecule has 0 N–H and O–H groups in total. The summed E-state index contributed by atoms with van der Waals surface area (Å²) in [4.78, 5) is 38.6. The maximum absolute atomic E-state index is 13.7. The quantitative estimate of drug-likeness (QED) is 0.226. The number of rotatable bonds is 11. The maximum Gasteiger partial charge on any atom is 0.338 e. The Balaban J connectivity index is 2.33. The molecule has 220 valence electrons. The Morgan fingerprint density at radius 3 is 2.13 bits per heavy atom. The van der Waals surface area contributed by atoms with Crippen molar-refractivity contribution in [3.05, 3.63) is 35.9 Å². The molecule has 39 heavy (non-hydrogen) atoms. The van der Waals surface area contributed by atoms with Gasteiger partial charge in [-0.3, -0.25) is 9.59 Å². The predicted molar refractivity (Wildman–Crippen MR) is 155 cm³/mol. The lowest BCUT2D eigenvalue weighted by atomic mass is 9.78. The molecule has 1 aromatic carbocycles. The van der Waals surface area contributed by atoms with Crippen molar-refractivity contribution in [1.82, 2.24) is 0 Å². The zero-order chi connectivity index (χ0) is 29.7. The van der Waals surface area contributed by atoms with Gasteiger partial charge < -0.3 is 18.6 Å². The molecule has 0 amide bonds. The molecule has 1 fully saturated rings. The van der Waals surface area contributed by atoms with Crippen LogP contribution in [0.25, 0.3) is 0 Å². The monoisotopic (exact) mass is 562 g/mol. The first-order chi connectivity index (χ1) is 18.0. The van der Waals surface area contributed by atoms with E-state index >= 15 is 0 Å². The first kappa shape index (κ1) is 33.2. The number of methoxy groups -OCH3 is 1. The molecule has 1 aliphatic rings. The Kier molecular flexibility index (Phi) is 11.5. The Bertz CT molecular complexity index is 971. The average Bonchev–Trinajstić information content (AvgIpc) is 2.89. The number of carbonyl (C=O) groups excluding carboxylic acids is 3. The fourth-order valence-corrected chi connectivity index (χ4v) is 6.56. The Hall–Kier alpha value is -2.03. The molecule has 0 aromatic heterocycles. The molecule has 1 aromatic rings. The summed E-state index contributed by atoms with van der Waals surface area (Å²) in [6, 6.07) is 8.68. The van der Waals surface area contributed by atoms with Crippen molar-refractivity contribution in [2.75, 3.05) is 7.11 Å². The molecular formula is C31H50O7Si. The maximum atomic E-state index is 13.7. The van der Waals surface area contributed by atoms with E-state index in [2.05, 4.69) is 47.7 Å². The molecule has 8 atom stereocenters. The molecule has 0 unspecified atom stereocenters. The van der Waals surface area contributed by atoms with Gasteiger partial charge in [0.15, 0.2) is 20.2 Å². The number of Topliss-reactive ketones (excluding diaryl/α,β-unsaturated/α-hetero) is 1. The lowest BCUT2D eigenvalue weighted by molar-refractivity contribution is -0.168. The topological polar surface area (TPSA) is 88.1 Å². The van der Waals surface area contributed by atoms with Gasteiger partial charge in [-0.15, -0.1) is 0 Å². The van der Waals surface area contributed by atoms with Gasteiger partial charge in [0, 0.05) is 11.8 Å². The van der Waals surface area contributed by atoms with Crippen LogP contribution in [0.5, 0.6) is 0 Å². The highest BCUT2D eigenvalue weighted by Gasteiger charge is 2.47. The number of carbonyl (C=O) groups is 3. The number of ketones is 1. The van der Waals surface area contributed by atoms with Gasteiger partial charge >= 0.3 is 11.9 Å². The number of esters is 2. The molecule has 7 nitrogen and oxygen atoms in total. The van der Waals surface area contributed by atoms with Gasteiger partial charge in [-0.05, 0) is 62.9 Å². The van der Waals surface area contributed by atoms with Crippen LogP contribution in [-0.2, 0) is 28.2 Å². The van der Waals surface area contributed by atoms with Crippen LogP contribution in [0.15, 0.2) is 30.3 Å². The van der Waals surface area contributed by atoms with E-state index in [1.54, 1.807) is 31.2 Å². The van der Waals surface area contributed by atoms with Crippen molar-refractivity contribution in [3.8, 4) is 0 Å². The third kappa shape index (κ3) is 8.24. The van der Waals surface area contributed by atoms with Crippen molar-refractivity contribution in [2.24, 2.45) is 23.7 Å². The minimum atomic E-state index is -2.30. The van der Waals surface area contributed by atoms with E-state index in [0.29, 0.717) is 5.56 Å². The van der Waals surface area contributed by atoms with Gasteiger partial charge in [-0.1, -0.05) is 59.7 Å². The highest BCUT2D eigenvalue weighted by molar-refractivity contribution is 6.74. The molecule has 2 rings (SSSR count). The van der Waals surface area contributed by atoms with Crippen molar-refractivity contribution < 1.29 is 33.0 Å². The molecule has 0 bridgehead atoms. The van der Waals surface area contributed by atoms with Crippen LogP contribution in [0, 0.1) is 23.7 Å². The summed E-state index contributed by atoms with van der Waals surface area (Å²) in [5.41, 5.74) is 0.405. The number of benzene rings is 1. The molecule has 0 aliphatic carbocycles. The molecule has 8 heteroatoms. The molecule has 0 spiro atoms. The summed E-state index contributed by atoms with van der Waals surface area (Å²) in [6.45, 7) is 20.4. The summed E-state index contributed by atoms with van der Waals surface area (Å²) in [7, 11) is -0.901. The fraction of sp³-hybridized carbons (Fsp3) is 0.710. The fourth-order valence-electron chi connectivity index (χ4n) is 5.10. The molecule has 0 saturated carbocycles. The van der Waals surface area contributed by atoms with Crippen LogP contribution >= 0.6 is 0 Å². The highest BCUT2D eigenvalue weighted by Crippen LogP contribution is 2.42.